The van der Waals surface area contributed by atoms with E-state index in [4.69, 9.17) is 19.4 Å². The van der Waals surface area contributed by atoms with Gasteiger partial charge in [-0.25, -0.2) is 9.97 Å². The van der Waals surface area contributed by atoms with Crippen molar-refractivity contribution in [3.63, 3.8) is 0 Å². The average Bonchev–Trinajstić information content (AvgIpc) is 3.61. The first-order chi connectivity index (χ1) is 28.3. The van der Waals surface area contributed by atoms with E-state index in [0.29, 0.717) is 23.1 Å². The van der Waals surface area contributed by atoms with Crippen molar-refractivity contribution < 1.29 is 9.47 Å². The lowest BCUT2D eigenvalue weighted by molar-refractivity contribution is 0.361. The Morgan fingerprint density at radius 1 is 0.386 bits per heavy atom. The van der Waals surface area contributed by atoms with Crippen LogP contribution in [-0.4, -0.2) is 15.0 Å². The number of fused-ring (bicyclic) bond motifs is 6. The summed E-state index contributed by atoms with van der Waals surface area (Å²) in [6.45, 7) is 0. The fourth-order valence-electron chi connectivity index (χ4n) is 8.59. The second-order valence-electron chi connectivity index (χ2n) is 14.3. The summed E-state index contributed by atoms with van der Waals surface area (Å²) in [5, 5.41) is 0. The zero-order valence-electron chi connectivity index (χ0n) is 30.7. The maximum atomic E-state index is 6.96. The van der Waals surface area contributed by atoms with Crippen LogP contribution in [0.25, 0.3) is 56.3 Å². The third kappa shape index (κ3) is 5.28. The molecular weight excluding hydrogens is 699 g/mol. The van der Waals surface area contributed by atoms with E-state index >= 15 is 0 Å². The van der Waals surface area contributed by atoms with Crippen molar-refractivity contribution >= 4 is 0 Å². The second kappa shape index (κ2) is 13.3. The first kappa shape index (κ1) is 32.8. The quantitative estimate of drug-likeness (QED) is 0.170. The minimum atomic E-state index is -0.528. The van der Waals surface area contributed by atoms with Gasteiger partial charge in [0.2, 0.25) is 0 Å². The molecule has 0 saturated carbocycles. The van der Waals surface area contributed by atoms with Crippen LogP contribution in [0.4, 0.5) is 0 Å². The number of benzene rings is 7. The summed E-state index contributed by atoms with van der Waals surface area (Å²) in [6, 6.07) is 67.0. The molecule has 11 rings (SSSR count). The van der Waals surface area contributed by atoms with Crippen molar-refractivity contribution in [2.75, 3.05) is 0 Å². The third-order valence-electron chi connectivity index (χ3n) is 11.1. The van der Waals surface area contributed by atoms with Gasteiger partial charge in [0.05, 0.1) is 22.5 Å². The number of aromatic nitrogens is 3. The zero-order chi connectivity index (χ0) is 37.8. The predicted octanol–water partition coefficient (Wildman–Crippen LogP) is 12.8. The maximum Gasteiger partial charge on any atom is 0.178 e. The van der Waals surface area contributed by atoms with Crippen molar-refractivity contribution in [1.82, 2.24) is 15.0 Å². The van der Waals surface area contributed by atoms with E-state index < -0.39 is 5.41 Å². The number of nitrogens with zero attached hydrogens (tertiary/aromatic N) is 3. The highest BCUT2D eigenvalue weighted by Crippen LogP contribution is 2.62. The zero-order valence-corrected chi connectivity index (χ0v) is 30.7. The molecule has 1 aliphatic heterocycles. The largest absolute Gasteiger partial charge is 0.449 e. The first-order valence-corrected chi connectivity index (χ1v) is 19.1. The van der Waals surface area contributed by atoms with Crippen molar-refractivity contribution in [2.24, 2.45) is 0 Å². The molecule has 0 amide bonds. The van der Waals surface area contributed by atoms with E-state index in [1.807, 2.05) is 54.6 Å². The third-order valence-corrected chi connectivity index (χ3v) is 11.1. The molecule has 0 bridgehead atoms. The highest BCUT2D eigenvalue weighted by Gasteiger charge is 2.48. The van der Waals surface area contributed by atoms with Crippen molar-refractivity contribution in [3.8, 4) is 79.3 Å². The fraction of sp³-hybridized carbons (Fsp3) is 0.0192. The summed E-state index contributed by atoms with van der Waals surface area (Å²) < 4.78 is 13.8. The molecule has 57 heavy (non-hydrogen) atoms. The van der Waals surface area contributed by atoms with Gasteiger partial charge in [0.25, 0.3) is 0 Å². The van der Waals surface area contributed by atoms with Crippen molar-refractivity contribution in [1.29, 1.82) is 0 Å². The number of rotatable bonds is 6. The number of pyridine rings is 1. The smallest absolute Gasteiger partial charge is 0.178 e. The summed E-state index contributed by atoms with van der Waals surface area (Å²) in [7, 11) is 0. The number of hydrogen-bond donors (Lipinski definition) is 0. The van der Waals surface area contributed by atoms with Gasteiger partial charge in [0.15, 0.2) is 28.8 Å². The summed E-state index contributed by atoms with van der Waals surface area (Å²) in [5.41, 5.74) is 12.7. The van der Waals surface area contributed by atoms with Crippen LogP contribution in [0.1, 0.15) is 22.3 Å². The van der Waals surface area contributed by atoms with Gasteiger partial charge in [-0.3, -0.25) is 4.98 Å². The second-order valence-corrected chi connectivity index (χ2v) is 14.3. The van der Waals surface area contributed by atoms with E-state index in [0.717, 1.165) is 56.2 Å². The molecule has 0 saturated heterocycles. The van der Waals surface area contributed by atoms with Crippen molar-refractivity contribution in [2.45, 2.75) is 5.41 Å². The van der Waals surface area contributed by atoms with Gasteiger partial charge >= 0.3 is 0 Å². The first-order valence-electron chi connectivity index (χ1n) is 19.1. The minimum absolute atomic E-state index is 0.528. The molecule has 0 N–H and O–H groups in total. The average molecular weight is 732 g/mol. The van der Waals surface area contributed by atoms with Crippen LogP contribution in [-0.2, 0) is 5.41 Å². The van der Waals surface area contributed by atoms with Crippen LogP contribution in [0.2, 0.25) is 0 Å². The van der Waals surface area contributed by atoms with Crippen molar-refractivity contribution in [3.05, 3.63) is 223 Å². The topological polar surface area (TPSA) is 57.1 Å². The lowest BCUT2D eigenvalue weighted by Gasteiger charge is -2.34. The molecule has 1 aliphatic carbocycles. The monoisotopic (exact) mass is 731 g/mol. The van der Waals surface area contributed by atoms with Crippen LogP contribution >= 0.6 is 0 Å². The number of ether oxygens (including phenoxy) is 2. The Morgan fingerprint density at radius 3 is 1.74 bits per heavy atom. The maximum absolute atomic E-state index is 6.96. The Labute approximate surface area is 330 Å². The SMILES string of the molecule is c1ccc(-c2cc(-c3ccccn3)nc(-c3ccc(-c4cccc5c4Oc4ccc6c(c4O5)-c4ccccc4C6(c4ccccc4)c4ccccc4)cc3)n2)cc1. The molecule has 5 heteroatoms. The van der Waals surface area contributed by atoms with Gasteiger partial charge in [0, 0.05) is 28.5 Å². The normalized spacial score (nSPS) is 13.0. The summed E-state index contributed by atoms with van der Waals surface area (Å²) in [5.74, 6) is 3.40. The van der Waals surface area contributed by atoms with Crippen LogP contribution in [0, 0.1) is 0 Å². The van der Waals surface area contributed by atoms with E-state index in [9.17, 15) is 0 Å². The molecule has 7 aromatic carbocycles. The van der Waals surface area contributed by atoms with E-state index in [-0.39, 0.29) is 0 Å². The van der Waals surface area contributed by atoms with Crippen LogP contribution < -0.4 is 9.47 Å². The fourth-order valence-corrected chi connectivity index (χ4v) is 8.59. The predicted molar refractivity (Wildman–Crippen MR) is 225 cm³/mol. The van der Waals surface area contributed by atoms with Gasteiger partial charge in [-0.2, -0.15) is 0 Å². The van der Waals surface area contributed by atoms with E-state index in [1.165, 1.54) is 22.3 Å². The Balaban J connectivity index is 0.990. The summed E-state index contributed by atoms with van der Waals surface area (Å²) in [6.07, 6.45) is 1.79. The Morgan fingerprint density at radius 2 is 1.00 bits per heavy atom. The van der Waals surface area contributed by atoms with E-state index in [1.54, 1.807) is 6.20 Å². The molecule has 0 radical (unpaired) electrons. The lowest BCUT2D eigenvalue weighted by atomic mass is 9.68. The molecule has 268 valence electrons. The molecule has 2 aromatic heterocycles. The molecule has 9 aromatic rings. The van der Waals surface area contributed by atoms with Crippen LogP contribution in [0.5, 0.6) is 23.0 Å². The van der Waals surface area contributed by atoms with E-state index in [2.05, 4.69) is 145 Å². The molecule has 0 unspecified atom stereocenters. The molecule has 0 spiro atoms. The lowest BCUT2D eigenvalue weighted by Crippen LogP contribution is -2.28. The highest BCUT2D eigenvalue weighted by molar-refractivity contribution is 5.92. The highest BCUT2D eigenvalue weighted by atomic mass is 16.6. The molecule has 3 heterocycles. The Bertz CT molecular complexity index is 2840. The van der Waals surface area contributed by atoms with Gasteiger partial charge < -0.3 is 9.47 Å². The van der Waals surface area contributed by atoms with Gasteiger partial charge in [-0.05, 0) is 63.7 Å². The minimum Gasteiger partial charge on any atom is -0.449 e. The standard InChI is InChI=1S/C52H33N3O2/c1-4-15-35(16-5-1)44-33-45(43-24-12-13-32-53-43)55-51(54-44)36-28-26-34(27-29-36)39-22-14-25-46-49(39)56-47-31-30-42-48(50(47)57-46)40-21-10-11-23-41(40)52(42,37-17-6-2-7-18-37)38-19-8-3-9-20-38/h1-33H. The van der Waals surface area contributed by atoms with Crippen LogP contribution in [0.3, 0.4) is 0 Å². The summed E-state index contributed by atoms with van der Waals surface area (Å²) >= 11 is 0. The molecule has 0 atom stereocenters. The molecule has 2 aliphatic rings. The van der Waals surface area contributed by atoms with Crippen LogP contribution in [0.15, 0.2) is 200 Å². The number of hydrogen-bond acceptors (Lipinski definition) is 5. The van der Waals surface area contributed by atoms with Gasteiger partial charge in [0.1, 0.15) is 0 Å². The van der Waals surface area contributed by atoms with Gasteiger partial charge in [-0.1, -0.05) is 164 Å². The molecule has 0 fully saturated rings. The van der Waals surface area contributed by atoms with Gasteiger partial charge in [-0.15, -0.1) is 0 Å². The molecular formula is C52H33N3O2. The Kier molecular flexibility index (Phi) is 7.64. The Hall–Kier alpha value is -7.63. The molecule has 5 nitrogen and oxygen atoms in total. The summed E-state index contributed by atoms with van der Waals surface area (Å²) in [4.78, 5) is 14.6. The number of para-hydroxylation sites is 1.